The van der Waals surface area contributed by atoms with Crippen molar-refractivity contribution in [3.63, 3.8) is 0 Å². The molecule has 0 spiro atoms. The second kappa shape index (κ2) is 12.9. The largest absolute Gasteiger partial charge is 0.481 e. The van der Waals surface area contributed by atoms with E-state index in [9.17, 15) is 19.5 Å². The quantitative estimate of drug-likeness (QED) is 0.206. The summed E-state index contributed by atoms with van der Waals surface area (Å²) in [7, 11) is 0. The molecular formula is C32H36O5S. The van der Waals surface area contributed by atoms with E-state index in [1.807, 2.05) is 54.6 Å². The Morgan fingerprint density at radius 2 is 1.18 bits per heavy atom. The van der Waals surface area contributed by atoms with Crippen molar-refractivity contribution in [1.82, 2.24) is 0 Å². The lowest BCUT2D eigenvalue weighted by Crippen LogP contribution is -2.31. The number of thioether (sulfide) groups is 1. The van der Waals surface area contributed by atoms with Crippen LogP contribution in [-0.2, 0) is 23.9 Å². The number of hydrogen-bond donors (Lipinski definition) is 1. The Bertz CT molecular complexity index is 1110. The number of benzene rings is 3. The van der Waals surface area contributed by atoms with Gasteiger partial charge in [0.1, 0.15) is 11.4 Å². The lowest BCUT2D eigenvalue weighted by molar-refractivity contribution is -0.157. The number of rotatable bonds is 12. The van der Waals surface area contributed by atoms with E-state index in [1.165, 1.54) is 11.8 Å². The minimum Gasteiger partial charge on any atom is -0.481 e. The number of carboxylic acids is 1. The van der Waals surface area contributed by atoms with Crippen molar-refractivity contribution in [2.45, 2.75) is 50.9 Å². The average Bonchev–Trinajstić information content (AvgIpc) is 2.88. The fourth-order valence-corrected chi connectivity index (χ4v) is 6.02. The molecule has 0 saturated carbocycles. The van der Waals surface area contributed by atoms with Crippen LogP contribution in [0.15, 0.2) is 91.0 Å². The molecule has 3 aromatic rings. The molecule has 0 aromatic heterocycles. The van der Waals surface area contributed by atoms with E-state index in [4.69, 9.17) is 4.74 Å². The van der Waals surface area contributed by atoms with E-state index in [0.29, 0.717) is 0 Å². The molecule has 38 heavy (non-hydrogen) atoms. The molecule has 0 fully saturated rings. The van der Waals surface area contributed by atoms with Gasteiger partial charge in [-0.3, -0.25) is 14.4 Å². The van der Waals surface area contributed by atoms with Crippen LogP contribution >= 0.6 is 11.8 Å². The van der Waals surface area contributed by atoms with Crippen LogP contribution in [0.5, 0.6) is 0 Å². The first-order valence-electron chi connectivity index (χ1n) is 12.8. The predicted molar refractivity (Wildman–Crippen MR) is 152 cm³/mol. The monoisotopic (exact) mass is 532 g/mol. The third-order valence-corrected chi connectivity index (χ3v) is 7.99. The van der Waals surface area contributed by atoms with Crippen molar-refractivity contribution in [3.8, 4) is 0 Å². The zero-order valence-electron chi connectivity index (χ0n) is 22.4. The summed E-state index contributed by atoms with van der Waals surface area (Å²) in [4.78, 5) is 37.6. The first kappa shape index (κ1) is 29.2. The molecule has 1 N–H and O–H groups in total. The SMILES string of the molecule is C[C@@H](CC(=O)OC(C)(C)C)C(=O)C[C@@H](CSC(c1ccccc1)(c1ccccc1)c1ccccc1)C(=O)O. The predicted octanol–water partition coefficient (Wildman–Crippen LogP) is 6.74. The second-order valence-corrected chi connectivity index (χ2v) is 11.7. The third-order valence-electron chi connectivity index (χ3n) is 6.28. The fraction of sp³-hybridized carbons (Fsp3) is 0.344. The van der Waals surface area contributed by atoms with Gasteiger partial charge in [-0.05, 0) is 37.5 Å². The summed E-state index contributed by atoms with van der Waals surface area (Å²) in [5.74, 6) is -3.08. The molecule has 2 atom stereocenters. The van der Waals surface area contributed by atoms with Crippen molar-refractivity contribution in [2.75, 3.05) is 5.75 Å². The molecule has 5 nitrogen and oxygen atoms in total. The number of carboxylic acid groups (broad SMARTS) is 1. The molecule has 3 rings (SSSR count). The summed E-state index contributed by atoms with van der Waals surface area (Å²) in [5.41, 5.74) is 2.43. The maximum atomic E-state index is 13.0. The summed E-state index contributed by atoms with van der Waals surface area (Å²) >= 11 is 1.52. The molecule has 0 aliphatic rings. The van der Waals surface area contributed by atoms with Crippen LogP contribution in [0.3, 0.4) is 0 Å². The van der Waals surface area contributed by atoms with E-state index >= 15 is 0 Å². The molecule has 0 amide bonds. The summed E-state index contributed by atoms with van der Waals surface area (Å²) in [6.07, 6.45) is -0.224. The number of aliphatic carboxylic acids is 1. The van der Waals surface area contributed by atoms with Crippen molar-refractivity contribution in [3.05, 3.63) is 108 Å². The maximum absolute atomic E-state index is 13.0. The Morgan fingerprint density at radius 3 is 1.55 bits per heavy atom. The summed E-state index contributed by atoms with van der Waals surface area (Å²) in [6, 6.07) is 30.1. The first-order chi connectivity index (χ1) is 18.0. The Labute approximate surface area is 229 Å². The highest BCUT2D eigenvalue weighted by Crippen LogP contribution is 2.49. The lowest BCUT2D eigenvalue weighted by Gasteiger charge is -2.36. The Kier molecular flexibility index (Phi) is 9.92. The highest BCUT2D eigenvalue weighted by molar-refractivity contribution is 8.00. The Morgan fingerprint density at radius 1 is 0.763 bits per heavy atom. The van der Waals surface area contributed by atoms with Crippen LogP contribution in [0.1, 0.15) is 57.2 Å². The van der Waals surface area contributed by atoms with E-state index in [-0.39, 0.29) is 24.4 Å². The van der Waals surface area contributed by atoms with Crippen LogP contribution in [0, 0.1) is 11.8 Å². The fourth-order valence-electron chi connectivity index (χ4n) is 4.40. The standard InChI is InChI=1S/C32H36O5S/c1-23(20-29(34)37-31(2,3)4)28(33)21-24(30(35)36)22-38-32(25-14-8-5-9-15-25,26-16-10-6-11-17-26)27-18-12-7-13-19-27/h5-19,23-24H,20-22H2,1-4H3,(H,35,36)/t23-,24-/m0/s1. The molecule has 0 aliphatic carbocycles. The van der Waals surface area contributed by atoms with Crippen molar-refractivity contribution in [1.29, 1.82) is 0 Å². The van der Waals surface area contributed by atoms with Gasteiger partial charge in [-0.25, -0.2) is 0 Å². The molecule has 0 radical (unpaired) electrons. The summed E-state index contributed by atoms with van der Waals surface area (Å²) in [5, 5.41) is 10.1. The van der Waals surface area contributed by atoms with Crippen LogP contribution < -0.4 is 0 Å². The summed E-state index contributed by atoms with van der Waals surface area (Å²) < 4.78 is 4.66. The van der Waals surface area contributed by atoms with E-state index in [1.54, 1.807) is 27.7 Å². The number of carbonyl (C=O) groups excluding carboxylic acids is 2. The van der Waals surface area contributed by atoms with Crippen LogP contribution in [0.25, 0.3) is 0 Å². The van der Waals surface area contributed by atoms with Gasteiger partial charge in [-0.1, -0.05) is 97.9 Å². The first-order valence-corrected chi connectivity index (χ1v) is 13.8. The average molecular weight is 533 g/mol. The van der Waals surface area contributed by atoms with Crippen LogP contribution in [-0.4, -0.2) is 34.2 Å². The number of hydrogen-bond acceptors (Lipinski definition) is 5. The topological polar surface area (TPSA) is 80.7 Å². The smallest absolute Gasteiger partial charge is 0.307 e. The molecule has 6 heteroatoms. The highest BCUT2D eigenvalue weighted by atomic mass is 32.2. The van der Waals surface area contributed by atoms with Gasteiger partial charge in [-0.2, -0.15) is 0 Å². The molecule has 0 bridgehead atoms. The molecule has 3 aromatic carbocycles. The molecule has 200 valence electrons. The molecule has 0 aliphatic heterocycles. The second-order valence-electron chi connectivity index (χ2n) is 10.5. The van der Waals surface area contributed by atoms with Gasteiger partial charge < -0.3 is 9.84 Å². The van der Waals surface area contributed by atoms with Crippen molar-refractivity contribution >= 4 is 29.5 Å². The molecule has 0 saturated heterocycles. The maximum Gasteiger partial charge on any atom is 0.307 e. The van der Waals surface area contributed by atoms with Crippen LogP contribution in [0.2, 0.25) is 0 Å². The van der Waals surface area contributed by atoms with Gasteiger partial charge >= 0.3 is 11.9 Å². The summed E-state index contributed by atoms with van der Waals surface area (Å²) in [6.45, 7) is 6.97. The normalized spacial score (nSPS) is 13.4. The number of carbonyl (C=O) groups is 3. The van der Waals surface area contributed by atoms with E-state index < -0.39 is 34.1 Å². The number of esters is 1. The number of ketones is 1. The zero-order valence-corrected chi connectivity index (χ0v) is 23.2. The molecule has 0 unspecified atom stereocenters. The highest BCUT2D eigenvalue weighted by Gasteiger charge is 2.39. The van der Waals surface area contributed by atoms with Crippen molar-refractivity contribution < 1.29 is 24.2 Å². The zero-order chi connectivity index (χ0) is 27.8. The lowest BCUT2D eigenvalue weighted by atomic mass is 9.84. The van der Waals surface area contributed by atoms with E-state index in [0.717, 1.165) is 16.7 Å². The van der Waals surface area contributed by atoms with Gasteiger partial charge in [-0.15, -0.1) is 11.8 Å². The van der Waals surface area contributed by atoms with Gasteiger partial charge in [0.2, 0.25) is 0 Å². The van der Waals surface area contributed by atoms with Gasteiger partial charge in [0.25, 0.3) is 0 Å². The minimum atomic E-state index is -1.03. The third kappa shape index (κ3) is 7.57. The minimum absolute atomic E-state index is 0.0719. The van der Waals surface area contributed by atoms with Crippen LogP contribution in [0.4, 0.5) is 0 Å². The number of ether oxygens (including phenoxy) is 1. The van der Waals surface area contributed by atoms with Gasteiger partial charge in [0.15, 0.2) is 0 Å². The Balaban J connectivity index is 1.90. The van der Waals surface area contributed by atoms with Gasteiger partial charge in [0.05, 0.1) is 17.1 Å². The molecular weight excluding hydrogens is 496 g/mol. The number of Topliss-reactive ketones (excluding diaryl/α,β-unsaturated/α-hetero) is 1. The van der Waals surface area contributed by atoms with E-state index in [2.05, 4.69) is 36.4 Å². The van der Waals surface area contributed by atoms with Gasteiger partial charge in [0, 0.05) is 18.1 Å². The molecule has 0 heterocycles. The van der Waals surface area contributed by atoms with Crippen molar-refractivity contribution in [2.24, 2.45) is 11.8 Å². The Hall–Kier alpha value is -3.38.